The van der Waals surface area contributed by atoms with Crippen molar-refractivity contribution in [2.45, 2.75) is 19.4 Å². The molecule has 98 valence electrons. The van der Waals surface area contributed by atoms with E-state index in [1.807, 2.05) is 6.92 Å². The Bertz CT molecular complexity index is 442. The highest BCUT2D eigenvalue weighted by atomic mass is 16.5. The minimum absolute atomic E-state index is 0.0805. The number of nitrogens with two attached hydrogens (primary N) is 2. The summed E-state index contributed by atoms with van der Waals surface area (Å²) in [6.07, 6.45) is 0.985. The summed E-state index contributed by atoms with van der Waals surface area (Å²) in [4.78, 5) is 12.1. The number of carbonyl (C=O) groups is 1. The van der Waals surface area contributed by atoms with E-state index in [1.54, 1.807) is 18.2 Å². The standard InChI is InChI=1S/C13H19N3O2/c1-8(9-4-5-18-7-9)16-13(17)11-3-2-10(14)6-12(11)15/h2-3,6,8-9H,4-5,7,14-15H2,1H3,(H,16,17). The van der Waals surface area contributed by atoms with Gasteiger partial charge in [0.1, 0.15) is 0 Å². The summed E-state index contributed by atoms with van der Waals surface area (Å²) < 4.78 is 5.31. The lowest BCUT2D eigenvalue weighted by Gasteiger charge is -2.19. The number of benzene rings is 1. The number of hydrogen-bond acceptors (Lipinski definition) is 4. The second-order valence-corrected chi connectivity index (χ2v) is 4.73. The Morgan fingerprint density at radius 3 is 2.89 bits per heavy atom. The molecule has 0 radical (unpaired) electrons. The molecule has 18 heavy (non-hydrogen) atoms. The van der Waals surface area contributed by atoms with Crippen molar-refractivity contribution in [3.05, 3.63) is 23.8 Å². The number of ether oxygens (including phenoxy) is 1. The van der Waals surface area contributed by atoms with Gasteiger partial charge in [0.15, 0.2) is 0 Å². The highest BCUT2D eigenvalue weighted by Gasteiger charge is 2.24. The van der Waals surface area contributed by atoms with E-state index >= 15 is 0 Å². The van der Waals surface area contributed by atoms with Crippen LogP contribution in [-0.2, 0) is 4.74 Å². The molecule has 0 bridgehead atoms. The second-order valence-electron chi connectivity index (χ2n) is 4.73. The van der Waals surface area contributed by atoms with E-state index in [9.17, 15) is 4.79 Å². The van der Waals surface area contributed by atoms with E-state index < -0.39 is 0 Å². The number of anilines is 2. The summed E-state index contributed by atoms with van der Waals surface area (Å²) in [6.45, 7) is 3.47. The third-order valence-electron chi connectivity index (χ3n) is 3.35. The normalized spacial score (nSPS) is 20.6. The molecule has 2 unspecified atom stereocenters. The molecule has 0 saturated carbocycles. The average Bonchev–Trinajstić information content (AvgIpc) is 2.81. The monoisotopic (exact) mass is 249 g/mol. The first-order chi connectivity index (χ1) is 8.58. The maximum absolute atomic E-state index is 12.1. The van der Waals surface area contributed by atoms with Crippen LogP contribution in [0.5, 0.6) is 0 Å². The molecule has 0 spiro atoms. The fraction of sp³-hybridized carbons (Fsp3) is 0.462. The van der Waals surface area contributed by atoms with Crippen LogP contribution in [0.25, 0.3) is 0 Å². The third-order valence-corrected chi connectivity index (χ3v) is 3.35. The van der Waals surface area contributed by atoms with Gasteiger partial charge < -0.3 is 21.5 Å². The number of hydrogen-bond donors (Lipinski definition) is 3. The highest BCUT2D eigenvalue weighted by molar-refractivity contribution is 5.99. The lowest BCUT2D eigenvalue weighted by Crippen LogP contribution is -2.38. The van der Waals surface area contributed by atoms with Crippen LogP contribution in [0, 0.1) is 5.92 Å². The van der Waals surface area contributed by atoms with Gasteiger partial charge in [-0.05, 0) is 31.5 Å². The van der Waals surface area contributed by atoms with Gasteiger partial charge in [-0.1, -0.05) is 0 Å². The molecule has 1 saturated heterocycles. The van der Waals surface area contributed by atoms with Crippen molar-refractivity contribution in [3.8, 4) is 0 Å². The molecule has 1 fully saturated rings. The summed E-state index contributed by atoms with van der Waals surface area (Å²) in [5.41, 5.74) is 12.8. The summed E-state index contributed by atoms with van der Waals surface area (Å²) in [7, 11) is 0. The quantitative estimate of drug-likeness (QED) is 0.697. The Morgan fingerprint density at radius 1 is 1.50 bits per heavy atom. The van der Waals surface area contributed by atoms with E-state index in [-0.39, 0.29) is 11.9 Å². The predicted molar refractivity (Wildman–Crippen MR) is 71.1 cm³/mol. The van der Waals surface area contributed by atoms with Gasteiger partial charge >= 0.3 is 0 Å². The molecule has 5 N–H and O–H groups in total. The average molecular weight is 249 g/mol. The first-order valence-corrected chi connectivity index (χ1v) is 6.11. The van der Waals surface area contributed by atoms with E-state index in [0.717, 1.165) is 13.0 Å². The molecular formula is C13H19N3O2. The molecule has 5 nitrogen and oxygen atoms in total. The minimum atomic E-state index is -0.160. The summed E-state index contributed by atoms with van der Waals surface area (Å²) in [5.74, 6) is 0.218. The van der Waals surface area contributed by atoms with E-state index in [2.05, 4.69) is 5.32 Å². The van der Waals surface area contributed by atoms with Crippen LogP contribution in [0.1, 0.15) is 23.7 Å². The fourth-order valence-electron chi connectivity index (χ4n) is 2.14. The Labute approximate surface area is 106 Å². The maximum Gasteiger partial charge on any atom is 0.253 e. The van der Waals surface area contributed by atoms with Gasteiger partial charge in [-0.15, -0.1) is 0 Å². The number of carbonyl (C=O) groups excluding carboxylic acids is 1. The molecule has 1 aromatic carbocycles. The lowest BCUT2D eigenvalue weighted by atomic mass is 10.00. The van der Waals surface area contributed by atoms with Gasteiger partial charge in [0, 0.05) is 29.9 Å². The SMILES string of the molecule is CC(NC(=O)c1ccc(N)cc1N)C1CCOC1. The van der Waals surface area contributed by atoms with E-state index in [1.165, 1.54) is 0 Å². The molecule has 2 atom stereocenters. The topological polar surface area (TPSA) is 90.4 Å². The molecule has 0 aromatic heterocycles. The first-order valence-electron chi connectivity index (χ1n) is 6.11. The van der Waals surface area contributed by atoms with Crippen molar-refractivity contribution in [1.29, 1.82) is 0 Å². The molecular weight excluding hydrogens is 230 g/mol. The molecule has 5 heteroatoms. The van der Waals surface area contributed by atoms with Crippen LogP contribution in [-0.4, -0.2) is 25.2 Å². The Kier molecular flexibility index (Phi) is 3.72. The summed E-state index contributed by atoms with van der Waals surface area (Å²) in [6, 6.07) is 5.00. The number of nitrogen functional groups attached to an aromatic ring is 2. The maximum atomic E-state index is 12.1. The Hall–Kier alpha value is -1.75. The zero-order valence-corrected chi connectivity index (χ0v) is 10.5. The zero-order valence-electron chi connectivity index (χ0n) is 10.5. The van der Waals surface area contributed by atoms with Gasteiger partial charge in [0.25, 0.3) is 5.91 Å². The van der Waals surface area contributed by atoms with Gasteiger partial charge in [0.2, 0.25) is 0 Å². The summed E-state index contributed by atoms with van der Waals surface area (Å²) in [5, 5.41) is 2.96. The van der Waals surface area contributed by atoms with Crippen molar-refractivity contribution in [2.75, 3.05) is 24.7 Å². The molecule has 1 aliphatic heterocycles. The van der Waals surface area contributed by atoms with Crippen LogP contribution in [0.15, 0.2) is 18.2 Å². The zero-order chi connectivity index (χ0) is 13.1. The van der Waals surface area contributed by atoms with Crippen molar-refractivity contribution in [3.63, 3.8) is 0 Å². The fourth-order valence-corrected chi connectivity index (χ4v) is 2.14. The number of nitrogens with one attached hydrogen (secondary N) is 1. The predicted octanol–water partition coefficient (Wildman–Crippen LogP) is 1.01. The van der Waals surface area contributed by atoms with Gasteiger partial charge in [-0.2, -0.15) is 0 Å². The molecule has 1 amide bonds. The molecule has 1 aromatic rings. The molecule has 0 aliphatic carbocycles. The minimum Gasteiger partial charge on any atom is -0.399 e. The highest BCUT2D eigenvalue weighted by Crippen LogP contribution is 2.19. The largest absolute Gasteiger partial charge is 0.399 e. The van der Waals surface area contributed by atoms with Gasteiger partial charge in [-0.25, -0.2) is 0 Å². The van der Waals surface area contributed by atoms with Crippen LogP contribution in [0.3, 0.4) is 0 Å². The van der Waals surface area contributed by atoms with E-state index in [4.69, 9.17) is 16.2 Å². The first kappa shape index (κ1) is 12.7. The van der Waals surface area contributed by atoms with E-state index in [0.29, 0.717) is 29.5 Å². The van der Waals surface area contributed by atoms with Gasteiger partial charge in [0.05, 0.1) is 12.2 Å². The van der Waals surface area contributed by atoms with Crippen molar-refractivity contribution < 1.29 is 9.53 Å². The second kappa shape index (κ2) is 5.27. The molecule has 1 aliphatic rings. The Morgan fingerprint density at radius 2 is 2.28 bits per heavy atom. The van der Waals surface area contributed by atoms with Crippen LogP contribution >= 0.6 is 0 Å². The van der Waals surface area contributed by atoms with Crippen LogP contribution in [0.2, 0.25) is 0 Å². The molecule has 1 heterocycles. The Balaban J connectivity index is 2.02. The molecule has 2 rings (SSSR count). The lowest BCUT2D eigenvalue weighted by molar-refractivity contribution is 0.0923. The van der Waals surface area contributed by atoms with Crippen molar-refractivity contribution in [1.82, 2.24) is 5.32 Å². The summed E-state index contributed by atoms with van der Waals surface area (Å²) >= 11 is 0. The van der Waals surface area contributed by atoms with Gasteiger partial charge in [-0.3, -0.25) is 4.79 Å². The number of amides is 1. The van der Waals surface area contributed by atoms with Crippen molar-refractivity contribution in [2.24, 2.45) is 5.92 Å². The smallest absolute Gasteiger partial charge is 0.253 e. The van der Waals surface area contributed by atoms with Crippen molar-refractivity contribution >= 4 is 17.3 Å². The van der Waals surface area contributed by atoms with Crippen LogP contribution in [0.4, 0.5) is 11.4 Å². The number of rotatable bonds is 3. The van der Waals surface area contributed by atoms with Crippen LogP contribution < -0.4 is 16.8 Å². The third kappa shape index (κ3) is 2.73.